The standard InChI is InChI=1S/C23H14BrFN4O2/c24-20-9-16(6-8-22(20)31-14-18-4-2-1-3-17(18)12-27)13-28-29-23(30)19-7-5-15(11-26)10-21(19)25/h1-10,13H,14H2,(H,29,30). The first-order valence-corrected chi connectivity index (χ1v) is 9.74. The molecule has 0 spiro atoms. The number of ether oxygens (including phenoxy) is 1. The van der Waals surface area contributed by atoms with Crippen molar-refractivity contribution in [2.75, 3.05) is 0 Å². The summed E-state index contributed by atoms with van der Waals surface area (Å²) in [6.07, 6.45) is 1.40. The van der Waals surface area contributed by atoms with E-state index in [9.17, 15) is 9.18 Å². The molecular weight excluding hydrogens is 463 g/mol. The van der Waals surface area contributed by atoms with Gasteiger partial charge in [-0.25, -0.2) is 9.82 Å². The fraction of sp³-hybridized carbons (Fsp3) is 0.0435. The lowest BCUT2D eigenvalue weighted by Crippen LogP contribution is -2.19. The van der Waals surface area contributed by atoms with Crippen molar-refractivity contribution in [3.05, 3.63) is 98.8 Å². The van der Waals surface area contributed by atoms with Crippen molar-refractivity contribution in [2.45, 2.75) is 6.61 Å². The van der Waals surface area contributed by atoms with Crippen LogP contribution in [0.4, 0.5) is 4.39 Å². The van der Waals surface area contributed by atoms with Gasteiger partial charge in [0.05, 0.1) is 39.5 Å². The van der Waals surface area contributed by atoms with E-state index in [0.29, 0.717) is 21.3 Å². The first kappa shape index (κ1) is 21.7. The molecule has 0 aromatic heterocycles. The number of benzene rings is 3. The number of nitrogens with one attached hydrogen (secondary N) is 1. The van der Waals surface area contributed by atoms with Gasteiger partial charge in [0.2, 0.25) is 0 Å². The molecule has 0 fully saturated rings. The molecule has 0 saturated heterocycles. The Labute approximate surface area is 186 Å². The SMILES string of the molecule is N#Cc1ccc(C(=O)NN=Cc2ccc(OCc3ccccc3C#N)c(Br)c2)c(F)c1. The summed E-state index contributed by atoms with van der Waals surface area (Å²) in [5.74, 6) is -0.948. The molecule has 0 unspecified atom stereocenters. The summed E-state index contributed by atoms with van der Waals surface area (Å²) in [5.41, 5.74) is 4.16. The Morgan fingerprint density at radius 3 is 2.65 bits per heavy atom. The number of nitriles is 2. The molecule has 0 heterocycles. The maximum absolute atomic E-state index is 13.9. The van der Waals surface area contributed by atoms with Gasteiger partial charge in [0, 0.05) is 5.56 Å². The average molecular weight is 477 g/mol. The van der Waals surface area contributed by atoms with Crippen molar-refractivity contribution in [2.24, 2.45) is 5.10 Å². The Balaban J connectivity index is 1.62. The van der Waals surface area contributed by atoms with Gasteiger partial charge in [-0.1, -0.05) is 18.2 Å². The topological polar surface area (TPSA) is 98.3 Å². The van der Waals surface area contributed by atoms with Gasteiger partial charge in [-0.2, -0.15) is 15.6 Å². The zero-order chi connectivity index (χ0) is 22.2. The number of carbonyl (C=O) groups is 1. The van der Waals surface area contributed by atoms with Crippen LogP contribution >= 0.6 is 15.9 Å². The number of hydrogen-bond acceptors (Lipinski definition) is 5. The summed E-state index contributed by atoms with van der Waals surface area (Å²) in [4.78, 5) is 12.0. The first-order valence-electron chi connectivity index (χ1n) is 8.95. The Morgan fingerprint density at radius 2 is 1.94 bits per heavy atom. The fourth-order valence-corrected chi connectivity index (χ4v) is 3.13. The molecule has 0 aliphatic rings. The van der Waals surface area contributed by atoms with Crippen LogP contribution in [0.2, 0.25) is 0 Å². The van der Waals surface area contributed by atoms with E-state index in [1.54, 1.807) is 36.4 Å². The molecule has 1 amide bonds. The van der Waals surface area contributed by atoms with Crippen LogP contribution in [-0.4, -0.2) is 12.1 Å². The summed E-state index contributed by atoms with van der Waals surface area (Å²) in [7, 11) is 0. The predicted octanol–water partition coefficient (Wildman–Crippen LogP) is 4.67. The molecule has 0 saturated carbocycles. The van der Waals surface area contributed by atoms with Crippen LogP contribution in [0.3, 0.4) is 0 Å². The molecule has 1 N–H and O–H groups in total. The minimum absolute atomic E-state index is 0.126. The summed E-state index contributed by atoms with van der Waals surface area (Å²) < 4.78 is 20.3. The van der Waals surface area contributed by atoms with Gasteiger partial charge in [-0.05, 0) is 64.0 Å². The molecule has 0 radical (unpaired) electrons. The Hall–Kier alpha value is -4.01. The number of rotatable bonds is 6. The van der Waals surface area contributed by atoms with Crippen molar-refractivity contribution >= 4 is 28.1 Å². The van der Waals surface area contributed by atoms with Crippen molar-refractivity contribution in [3.8, 4) is 17.9 Å². The number of carbonyl (C=O) groups excluding carboxylic acids is 1. The third-order valence-corrected chi connectivity index (χ3v) is 4.82. The quantitative estimate of drug-likeness (QED) is 0.412. The molecule has 0 atom stereocenters. The molecule has 31 heavy (non-hydrogen) atoms. The third-order valence-electron chi connectivity index (χ3n) is 4.20. The van der Waals surface area contributed by atoms with Crippen molar-refractivity contribution in [3.63, 3.8) is 0 Å². The van der Waals surface area contributed by atoms with Gasteiger partial charge in [0.1, 0.15) is 18.2 Å². The minimum Gasteiger partial charge on any atom is -0.488 e. The van der Waals surface area contributed by atoms with E-state index >= 15 is 0 Å². The molecule has 3 aromatic rings. The highest BCUT2D eigenvalue weighted by Gasteiger charge is 2.11. The Bertz CT molecular complexity index is 1250. The van der Waals surface area contributed by atoms with E-state index in [1.807, 2.05) is 12.1 Å². The van der Waals surface area contributed by atoms with Crippen LogP contribution in [0.15, 0.2) is 70.2 Å². The lowest BCUT2D eigenvalue weighted by molar-refractivity contribution is 0.0951. The molecule has 152 valence electrons. The highest BCUT2D eigenvalue weighted by atomic mass is 79.9. The zero-order valence-corrected chi connectivity index (χ0v) is 17.6. The van der Waals surface area contributed by atoms with Crippen molar-refractivity contribution in [1.29, 1.82) is 10.5 Å². The maximum Gasteiger partial charge on any atom is 0.274 e. The van der Waals surface area contributed by atoms with Crippen LogP contribution in [0.5, 0.6) is 5.75 Å². The second-order valence-corrected chi connectivity index (χ2v) is 7.11. The first-order chi connectivity index (χ1) is 15.0. The van der Waals surface area contributed by atoms with Crippen molar-refractivity contribution < 1.29 is 13.9 Å². The zero-order valence-electron chi connectivity index (χ0n) is 16.0. The van der Waals surface area contributed by atoms with E-state index in [2.05, 4.69) is 32.5 Å². The summed E-state index contributed by atoms with van der Waals surface area (Å²) >= 11 is 3.42. The highest BCUT2D eigenvalue weighted by molar-refractivity contribution is 9.10. The number of hydrogen-bond donors (Lipinski definition) is 1. The third kappa shape index (κ3) is 5.53. The monoisotopic (exact) mass is 476 g/mol. The molecule has 3 rings (SSSR count). The smallest absolute Gasteiger partial charge is 0.274 e. The van der Waals surface area contributed by atoms with E-state index in [-0.39, 0.29) is 17.7 Å². The number of nitrogens with zero attached hydrogens (tertiary/aromatic N) is 3. The molecule has 0 aliphatic heterocycles. The van der Waals surface area contributed by atoms with Crippen molar-refractivity contribution in [1.82, 2.24) is 5.43 Å². The summed E-state index contributed by atoms with van der Waals surface area (Å²) in [6.45, 7) is 0.238. The van der Waals surface area contributed by atoms with Gasteiger partial charge in [-0.15, -0.1) is 0 Å². The molecule has 3 aromatic carbocycles. The normalized spacial score (nSPS) is 10.3. The number of hydrazone groups is 1. The summed E-state index contributed by atoms with van der Waals surface area (Å²) in [6, 6.07) is 19.9. The minimum atomic E-state index is -0.797. The highest BCUT2D eigenvalue weighted by Crippen LogP contribution is 2.26. The molecule has 0 aliphatic carbocycles. The van der Waals surface area contributed by atoms with Crippen LogP contribution in [0.1, 0.15) is 32.6 Å². The van der Waals surface area contributed by atoms with Crippen LogP contribution < -0.4 is 10.2 Å². The van der Waals surface area contributed by atoms with E-state index < -0.39 is 11.7 Å². The van der Waals surface area contributed by atoms with Crippen LogP contribution in [0.25, 0.3) is 0 Å². The van der Waals surface area contributed by atoms with Gasteiger partial charge < -0.3 is 4.74 Å². The maximum atomic E-state index is 13.9. The lowest BCUT2D eigenvalue weighted by Gasteiger charge is -2.10. The number of amides is 1. The molecule has 6 nitrogen and oxygen atoms in total. The van der Waals surface area contributed by atoms with Crippen LogP contribution in [-0.2, 0) is 6.61 Å². The van der Waals surface area contributed by atoms with E-state index in [1.165, 1.54) is 18.3 Å². The Morgan fingerprint density at radius 1 is 1.13 bits per heavy atom. The average Bonchev–Trinajstić information content (AvgIpc) is 2.78. The van der Waals surface area contributed by atoms with Gasteiger partial charge >= 0.3 is 0 Å². The van der Waals surface area contributed by atoms with Gasteiger partial charge in [0.15, 0.2) is 0 Å². The summed E-state index contributed by atoms with van der Waals surface area (Å²) in [5, 5.41) is 21.7. The second kappa shape index (κ2) is 10.1. The molecule has 8 heteroatoms. The van der Waals surface area contributed by atoms with Crippen LogP contribution in [0, 0.1) is 28.5 Å². The van der Waals surface area contributed by atoms with E-state index in [0.717, 1.165) is 11.6 Å². The Kier molecular flexibility index (Phi) is 7.10. The largest absolute Gasteiger partial charge is 0.488 e. The molecular formula is C23H14BrFN4O2. The van der Waals surface area contributed by atoms with Gasteiger partial charge in [-0.3, -0.25) is 4.79 Å². The number of halogens is 2. The fourth-order valence-electron chi connectivity index (χ4n) is 2.62. The van der Waals surface area contributed by atoms with E-state index in [4.69, 9.17) is 15.3 Å². The van der Waals surface area contributed by atoms with Gasteiger partial charge in [0.25, 0.3) is 5.91 Å². The predicted molar refractivity (Wildman–Crippen MR) is 116 cm³/mol. The molecule has 0 bridgehead atoms. The lowest BCUT2D eigenvalue weighted by atomic mass is 10.1. The second-order valence-electron chi connectivity index (χ2n) is 6.25.